The number of rotatable bonds is 5. The van der Waals surface area contributed by atoms with Gasteiger partial charge >= 0.3 is 12.1 Å². The van der Waals surface area contributed by atoms with Crippen molar-refractivity contribution in [2.24, 2.45) is 0 Å². The molecule has 190 valence electrons. The molecule has 5 rings (SSSR count). The van der Waals surface area contributed by atoms with Gasteiger partial charge in [0.2, 0.25) is 0 Å². The SMILES string of the molecule is COC(=O)C(O)c1c(C(F)(F)F)ccc(-n2ccc(-c3ccccc3)n2)c1-c1ccc2c(c1)CCCO2. The molecule has 1 unspecified atom stereocenters. The number of benzene rings is 3. The molecule has 0 saturated carbocycles. The quantitative estimate of drug-likeness (QED) is 0.347. The van der Waals surface area contributed by atoms with Crippen LogP contribution < -0.4 is 4.74 Å². The van der Waals surface area contributed by atoms with Crippen LogP contribution in [0.1, 0.15) is 29.2 Å². The molecular formula is C28H23F3N2O4. The second-order valence-electron chi connectivity index (χ2n) is 8.63. The van der Waals surface area contributed by atoms with Crippen molar-refractivity contribution < 1.29 is 32.5 Å². The van der Waals surface area contributed by atoms with E-state index in [1.54, 1.807) is 30.5 Å². The predicted molar refractivity (Wildman–Crippen MR) is 130 cm³/mol. The van der Waals surface area contributed by atoms with Crippen LogP contribution in [0.2, 0.25) is 0 Å². The van der Waals surface area contributed by atoms with E-state index in [-0.39, 0.29) is 11.3 Å². The average molecular weight is 508 g/mol. The second kappa shape index (κ2) is 9.74. The first-order valence-electron chi connectivity index (χ1n) is 11.7. The molecular weight excluding hydrogens is 485 g/mol. The van der Waals surface area contributed by atoms with Crippen molar-refractivity contribution in [2.45, 2.75) is 25.1 Å². The van der Waals surface area contributed by atoms with Crippen LogP contribution >= 0.6 is 0 Å². The summed E-state index contributed by atoms with van der Waals surface area (Å²) < 4.78 is 54.3. The van der Waals surface area contributed by atoms with Gasteiger partial charge in [-0.15, -0.1) is 0 Å². The Bertz CT molecular complexity index is 1450. The highest BCUT2D eigenvalue weighted by Gasteiger charge is 2.40. The molecule has 37 heavy (non-hydrogen) atoms. The monoisotopic (exact) mass is 508 g/mol. The Labute approximate surface area is 210 Å². The zero-order valence-corrected chi connectivity index (χ0v) is 19.8. The maximum atomic E-state index is 14.2. The fourth-order valence-corrected chi connectivity index (χ4v) is 4.60. The summed E-state index contributed by atoms with van der Waals surface area (Å²) in [5, 5.41) is 15.4. The number of carbonyl (C=O) groups excluding carboxylic acids is 1. The Hall–Kier alpha value is -4.11. The van der Waals surface area contributed by atoms with Gasteiger partial charge in [0, 0.05) is 22.9 Å². The largest absolute Gasteiger partial charge is 0.493 e. The van der Waals surface area contributed by atoms with Gasteiger partial charge in [0.15, 0.2) is 6.10 Å². The molecule has 0 amide bonds. The summed E-state index contributed by atoms with van der Waals surface area (Å²) in [5.41, 5.74) is 1.24. The summed E-state index contributed by atoms with van der Waals surface area (Å²) in [6.07, 6.45) is -3.93. The highest BCUT2D eigenvalue weighted by atomic mass is 19.4. The molecule has 1 aliphatic rings. The Balaban J connectivity index is 1.78. The van der Waals surface area contributed by atoms with Gasteiger partial charge in [-0.25, -0.2) is 9.48 Å². The van der Waals surface area contributed by atoms with Crippen LogP contribution in [0.25, 0.3) is 28.1 Å². The van der Waals surface area contributed by atoms with Crippen LogP contribution in [-0.2, 0) is 22.1 Å². The highest BCUT2D eigenvalue weighted by Crippen LogP contribution is 2.44. The first-order chi connectivity index (χ1) is 17.8. The van der Waals surface area contributed by atoms with Crippen molar-refractivity contribution >= 4 is 5.97 Å². The van der Waals surface area contributed by atoms with Gasteiger partial charge in [0.05, 0.1) is 30.7 Å². The molecule has 1 aromatic heterocycles. The normalized spacial score (nSPS) is 14.0. The van der Waals surface area contributed by atoms with E-state index in [1.807, 2.05) is 30.3 Å². The number of hydrogen-bond donors (Lipinski definition) is 1. The van der Waals surface area contributed by atoms with Crippen molar-refractivity contribution in [3.8, 4) is 33.8 Å². The fourth-order valence-electron chi connectivity index (χ4n) is 4.60. The number of esters is 1. The number of nitrogens with zero attached hydrogens (tertiary/aromatic N) is 2. The smallest absolute Gasteiger partial charge is 0.416 e. The molecule has 4 aromatic rings. The minimum Gasteiger partial charge on any atom is -0.493 e. The van der Waals surface area contributed by atoms with Gasteiger partial charge in [0.25, 0.3) is 0 Å². The summed E-state index contributed by atoms with van der Waals surface area (Å²) in [4.78, 5) is 12.4. The number of aliphatic hydroxyl groups is 1. The van der Waals surface area contributed by atoms with Crippen LogP contribution in [0.4, 0.5) is 13.2 Å². The summed E-state index contributed by atoms with van der Waals surface area (Å²) in [6.45, 7) is 0.559. The van der Waals surface area contributed by atoms with E-state index in [0.717, 1.165) is 30.7 Å². The number of alkyl halides is 3. The number of aliphatic hydroxyl groups excluding tert-OH is 1. The van der Waals surface area contributed by atoms with Crippen molar-refractivity contribution in [2.75, 3.05) is 13.7 Å². The van der Waals surface area contributed by atoms with Gasteiger partial charge in [-0.3, -0.25) is 0 Å². The van der Waals surface area contributed by atoms with Gasteiger partial charge in [-0.1, -0.05) is 36.4 Å². The maximum absolute atomic E-state index is 14.2. The first kappa shape index (κ1) is 24.6. The summed E-state index contributed by atoms with van der Waals surface area (Å²) in [5.74, 6) is -0.542. The number of halogens is 3. The lowest BCUT2D eigenvalue weighted by molar-refractivity contribution is -0.152. The number of fused-ring (bicyclic) bond motifs is 1. The molecule has 0 fully saturated rings. The zero-order valence-electron chi connectivity index (χ0n) is 19.8. The lowest BCUT2D eigenvalue weighted by Gasteiger charge is -2.24. The Morgan fingerprint density at radius 3 is 2.59 bits per heavy atom. The van der Waals surface area contributed by atoms with E-state index < -0.39 is 29.4 Å². The molecule has 1 atom stereocenters. The summed E-state index contributed by atoms with van der Waals surface area (Å²) in [6, 6.07) is 18.3. The van der Waals surface area contributed by atoms with Gasteiger partial charge < -0.3 is 14.6 Å². The molecule has 1 N–H and O–H groups in total. The maximum Gasteiger partial charge on any atom is 0.416 e. The Morgan fingerprint density at radius 2 is 1.86 bits per heavy atom. The van der Waals surface area contributed by atoms with E-state index >= 15 is 0 Å². The first-order valence-corrected chi connectivity index (χ1v) is 11.7. The molecule has 3 aromatic carbocycles. The summed E-state index contributed by atoms with van der Waals surface area (Å²) >= 11 is 0. The van der Waals surface area contributed by atoms with Gasteiger partial charge in [-0.2, -0.15) is 18.3 Å². The summed E-state index contributed by atoms with van der Waals surface area (Å²) in [7, 11) is 1.01. The minimum atomic E-state index is -4.84. The van der Waals surface area contributed by atoms with Crippen molar-refractivity contribution in [1.82, 2.24) is 9.78 Å². The molecule has 6 nitrogen and oxygen atoms in total. The van der Waals surface area contributed by atoms with E-state index in [0.29, 0.717) is 30.0 Å². The second-order valence-corrected chi connectivity index (χ2v) is 8.63. The molecule has 1 aliphatic heterocycles. The molecule has 0 radical (unpaired) electrons. The molecule has 0 saturated heterocycles. The molecule has 0 bridgehead atoms. The Morgan fingerprint density at radius 1 is 1.08 bits per heavy atom. The number of ether oxygens (including phenoxy) is 2. The third-order valence-electron chi connectivity index (χ3n) is 6.33. The van der Waals surface area contributed by atoms with Gasteiger partial charge in [0.1, 0.15) is 5.75 Å². The zero-order chi connectivity index (χ0) is 26.2. The standard InChI is InChI=1S/C28H23F3N2O4/c1-36-27(35)26(34)25-20(28(29,30)31)10-11-22(33-14-13-21(32-33)17-6-3-2-4-7-17)24(25)19-9-12-23-18(16-19)8-5-15-37-23/h2-4,6-7,9-14,16,26,34H,5,8,15H2,1H3. The van der Waals surface area contributed by atoms with E-state index in [1.165, 1.54) is 10.7 Å². The van der Waals surface area contributed by atoms with Crippen LogP contribution in [0, 0.1) is 0 Å². The fraction of sp³-hybridized carbons (Fsp3) is 0.214. The predicted octanol–water partition coefficient (Wildman–Crippen LogP) is 5.76. The number of aromatic nitrogens is 2. The van der Waals surface area contributed by atoms with E-state index in [9.17, 15) is 23.1 Å². The minimum absolute atomic E-state index is 0.0313. The average Bonchev–Trinajstić information content (AvgIpc) is 3.41. The van der Waals surface area contributed by atoms with Crippen LogP contribution in [0.3, 0.4) is 0 Å². The van der Waals surface area contributed by atoms with Crippen LogP contribution in [0.5, 0.6) is 5.75 Å². The topological polar surface area (TPSA) is 73.6 Å². The highest BCUT2D eigenvalue weighted by molar-refractivity contribution is 5.86. The van der Waals surface area contributed by atoms with Crippen molar-refractivity contribution in [3.05, 3.63) is 89.6 Å². The number of hydrogen-bond acceptors (Lipinski definition) is 5. The van der Waals surface area contributed by atoms with Crippen LogP contribution in [-0.4, -0.2) is 34.6 Å². The number of methoxy groups -OCH3 is 1. The molecule has 9 heteroatoms. The van der Waals surface area contributed by atoms with E-state index in [2.05, 4.69) is 9.84 Å². The van der Waals surface area contributed by atoms with E-state index in [4.69, 9.17) is 4.74 Å². The Kier molecular flexibility index (Phi) is 6.47. The number of carbonyl (C=O) groups is 1. The lowest BCUT2D eigenvalue weighted by Crippen LogP contribution is -2.21. The molecule has 2 heterocycles. The van der Waals surface area contributed by atoms with Gasteiger partial charge in [-0.05, 0) is 54.3 Å². The number of aryl methyl sites for hydroxylation is 1. The molecule has 0 spiro atoms. The van der Waals surface area contributed by atoms with Crippen LogP contribution in [0.15, 0.2) is 72.9 Å². The molecule has 0 aliphatic carbocycles. The lowest BCUT2D eigenvalue weighted by atomic mass is 9.88. The van der Waals surface area contributed by atoms with Crippen molar-refractivity contribution in [1.29, 1.82) is 0 Å². The van der Waals surface area contributed by atoms with Crippen molar-refractivity contribution in [3.63, 3.8) is 0 Å². The third-order valence-corrected chi connectivity index (χ3v) is 6.33. The third kappa shape index (κ3) is 4.70.